The molecule has 0 N–H and O–H groups in total. The van der Waals surface area contributed by atoms with Crippen LogP contribution in [0.1, 0.15) is 15.9 Å². The second-order valence-electron chi connectivity index (χ2n) is 5.46. The van der Waals surface area contributed by atoms with Gasteiger partial charge in [-0.05, 0) is 45.3 Å². The Morgan fingerprint density at radius 1 is 0.960 bits per heavy atom. The van der Waals surface area contributed by atoms with Gasteiger partial charge in [0.15, 0.2) is 11.5 Å². The highest BCUT2D eigenvalue weighted by atomic mass is 79.9. The monoisotopic (exact) mass is 396 g/mol. The van der Waals surface area contributed by atoms with Crippen molar-refractivity contribution in [2.45, 2.75) is 6.61 Å². The number of rotatable bonds is 6. The zero-order valence-electron chi connectivity index (χ0n) is 13.7. The summed E-state index contributed by atoms with van der Waals surface area (Å²) in [5.41, 5.74) is 3.84. The Morgan fingerprint density at radius 3 is 2.48 bits per heavy atom. The van der Waals surface area contributed by atoms with Crippen molar-refractivity contribution in [1.29, 1.82) is 0 Å². The van der Waals surface area contributed by atoms with Gasteiger partial charge in [0.2, 0.25) is 0 Å². The molecule has 0 aromatic heterocycles. The van der Waals surface area contributed by atoms with Crippen molar-refractivity contribution in [2.75, 3.05) is 7.11 Å². The number of hydrogen-bond acceptors (Lipinski definition) is 3. The molecular weight excluding hydrogens is 380 g/mol. The first-order valence-electron chi connectivity index (χ1n) is 7.81. The third-order valence-corrected chi connectivity index (χ3v) is 4.81. The Kier molecular flexibility index (Phi) is 5.51. The topological polar surface area (TPSA) is 35.5 Å². The first-order chi connectivity index (χ1) is 12.2. The van der Waals surface area contributed by atoms with Crippen molar-refractivity contribution in [3.63, 3.8) is 0 Å². The standard InChI is InChI=1S/C21H17BrO3/c1-24-20-12-15(13-23)10-11-19(20)25-14-17-8-5-9-18(21(17)22)16-6-3-2-4-7-16/h2-13H,14H2,1H3. The van der Waals surface area contributed by atoms with Gasteiger partial charge in [-0.2, -0.15) is 0 Å². The van der Waals surface area contributed by atoms with Crippen LogP contribution < -0.4 is 9.47 Å². The minimum atomic E-state index is 0.387. The molecule has 0 bridgehead atoms. The second-order valence-corrected chi connectivity index (χ2v) is 6.25. The quantitative estimate of drug-likeness (QED) is 0.514. The van der Waals surface area contributed by atoms with Gasteiger partial charge >= 0.3 is 0 Å². The molecule has 0 amide bonds. The van der Waals surface area contributed by atoms with E-state index < -0.39 is 0 Å². The number of halogens is 1. The molecule has 3 rings (SSSR count). The van der Waals surface area contributed by atoms with Gasteiger partial charge in [0.1, 0.15) is 12.9 Å². The Balaban J connectivity index is 1.84. The molecule has 0 aliphatic carbocycles. The van der Waals surface area contributed by atoms with Crippen LogP contribution in [0.2, 0.25) is 0 Å². The molecule has 0 aliphatic heterocycles. The molecule has 0 saturated carbocycles. The summed E-state index contributed by atoms with van der Waals surface area (Å²) in [5.74, 6) is 1.14. The van der Waals surface area contributed by atoms with Crippen LogP contribution in [0.5, 0.6) is 11.5 Å². The van der Waals surface area contributed by atoms with Crippen LogP contribution >= 0.6 is 15.9 Å². The summed E-state index contributed by atoms with van der Waals surface area (Å²) in [6, 6.07) is 21.4. The van der Waals surface area contributed by atoms with E-state index in [4.69, 9.17) is 9.47 Å². The van der Waals surface area contributed by atoms with Crippen LogP contribution in [0.3, 0.4) is 0 Å². The van der Waals surface area contributed by atoms with E-state index in [2.05, 4.69) is 34.1 Å². The molecule has 0 heterocycles. The number of hydrogen-bond donors (Lipinski definition) is 0. The third kappa shape index (κ3) is 3.91. The van der Waals surface area contributed by atoms with Crippen LogP contribution in [0, 0.1) is 0 Å². The Bertz CT molecular complexity index is 876. The molecule has 0 radical (unpaired) electrons. The van der Waals surface area contributed by atoms with Crippen LogP contribution in [-0.4, -0.2) is 13.4 Å². The van der Waals surface area contributed by atoms with Crippen LogP contribution in [-0.2, 0) is 6.61 Å². The molecule has 3 aromatic rings. The predicted molar refractivity (Wildman–Crippen MR) is 102 cm³/mol. The van der Waals surface area contributed by atoms with Crippen LogP contribution in [0.4, 0.5) is 0 Å². The van der Waals surface area contributed by atoms with E-state index in [1.54, 1.807) is 25.3 Å². The van der Waals surface area contributed by atoms with E-state index in [-0.39, 0.29) is 0 Å². The predicted octanol–water partition coefficient (Wildman–Crippen LogP) is 5.52. The summed E-state index contributed by atoms with van der Waals surface area (Å²) in [5, 5.41) is 0. The summed E-state index contributed by atoms with van der Waals surface area (Å²) in [7, 11) is 1.56. The molecule has 4 heteroatoms. The van der Waals surface area contributed by atoms with Gasteiger partial charge in [-0.15, -0.1) is 0 Å². The van der Waals surface area contributed by atoms with Gasteiger partial charge in [0.05, 0.1) is 7.11 Å². The fourth-order valence-electron chi connectivity index (χ4n) is 2.56. The summed E-state index contributed by atoms with van der Waals surface area (Å²) in [6.07, 6.45) is 0.784. The molecule has 0 unspecified atom stereocenters. The number of ether oxygens (including phenoxy) is 2. The molecule has 0 aliphatic rings. The fraction of sp³-hybridized carbons (Fsp3) is 0.0952. The van der Waals surface area contributed by atoms with E-state index in [0.29, 0.717) is 23.7 Å². The van der Waals surface area contributed by atoms with Gasteiger partial charge in [-0.1, -0.05) is 48.5 Å². The molecule has 0 atom stereocenters. The molecule has 0 fully saturated rings. The highest BCUT2D eigenvalue weighted by Crippen LogP contribution is 2.33. The van der Waals surface area contributed by atoms with E-state index in [0.717, 1.165) is 27.4 Å². The van der Waals surface area contributed by atoms with E-state index >= 15 is 0 Å². The summed E-state index contributed by atoms with van der Waals surface area (Å²) >= 11 is 3.69. The number of carbonyl (C=O) groups is 1. The van der Waals surface area contributed by atoms with Crippen molar-refractivity contribution in [3.05, 3.63) is 82.3 Å². The smallest absolute Gasteiger partial charge is 0.161 e. The first kappa shape index (κ1) is 17.2. The van der Waals surface area contributed by atoms with E-state index in [1.807, 2.05) is 30.3 Å². The zero-order valence-corrected chi connectivity index (χ0v) is 15.3. The molecule has 0 spiro atoms. The zero-order chi connectivity index (χ0) is 17.6. The maximum absolute atomic E-state index is 10.9. The number of methoxy groups -OCH3 is 1. The Morgan fingerprint density at radius 2 is 1.76 bits per heavy atom. The maximum atomic E-state index is 10.9. The lowest BCUT2D eigenvalue weighted by Gasteiger charge is -2.14. The fourth-order valence-corrected chi connectivity index (χ4v) is 3.17. The van der Waals surface area contributed by atoms with Crippen molar-refractivity contribution >= 4 is 22.2 Å². The minimum Gasteiger partial charge on any atom is -0.493 e. The number of carbonyl (C=O) groups excluding carboxylic acids is 1. The van der Waals surface area contributed by atoms with Crippen LogP contribution in [0.15, 0.2) is 71.2 Å². The SMILES string of the molecule is COc1cc(C=O)ccc1OCc1cccc(-c2ccccc2)c1Br. The third-order valence-electron chi connectivity index (χ3n) is 3.87. The van der Waals surface area contributed by atoms with Crippen molar-refractivity contribution in [3.8, 4) is 22.6 Å². The minimum absolute atomic E-state index is 0.387. The normalized spacial score (nSPS) is 10.3. The average molecular weight is 397 g/mol. The highest BCUT2D eigenvalue weighted by molar-refractivity contribution is 9.10. The lowest BCUT2D eigenvalue weighted by molar-refractivity contribution is 0.112. The number of aldehydes is 1. The number of benzene rings is 3. The highest BCUT2D eigenvalue weighted by Gasteiger charge is 2.10. The van der Waals surface area contributed by atoms with Crippen molar-refractivity contribution in [2.24, 2.45) is 0 Å². The Labute approximate surface area is 155 Å². The molecule has 3 nitrogen and oxygen atoms in total. The van der Waals surface area contributed by atoms with Gasteiger partial charge < -0.3 is 9.47 Å². The van der Waals surface area contributed by atoms with E-state index in [9.17, 15) is 4.79 Å². The van der Waals surface area contributed by atoms with Crippen molar-refractivity contribution < 1.29 is 14.3 Å². The van der Waals surface area contributed by atoms with E-state index in [1.165, 1.54) is 0 Å². The summed E-state index contributed by atoms with van der Waals surface area (Å²) in [6.45, 7) is 0.387. The molecular formula is C21H17BrO3. The van der Waals surface area contributed by atoms with Gasteiger partial charge in [-0.25, -0.2) is 0 Å². The molecule has 25 heavy (non-hydrogen) atoms. The first-order valence-corrected chi connectivity index (χ1v) is 8.61. The second kappa shape index (κ2) is 7.99. The average Bonchev–Trinajstić information content (AvgIpc) is 2.67. The van der Waals surface area contributed by atoms with Gasteiger partial charge in [0, 0.05) is 15.6 Å². The lowest BCUT2D eigenvalue weighted by Crippen LogP contribution is -2.00. The summed E-state index contributed by atoms with van der Waals surface area (Å²) < 4.78 is 12.2. The van der Waals surface area contributed by atoms with Crippen LogP contribution in [0.25, 0.3) is 11.1 Å². The van der Waals surface area contributed by atoms with Crippen molar-refractivity contribution in [1.82, 2.24) is 0 Å². The molecule has 0 saturated heterocycles. The largest absolute Gasteiger partial charge is 0.493 e. The van der Waals surface area contributed by atoms with Gasteiger partial charge in [-0.3, -0.25) is 4.79 Å². The lowest BCUT2D eigenvalue weighted by atomic mass is 10.0. The van der Waals surface area contributed by atoms with Gasteiger partial charge in [0.25, 0.3) is 0 Å². The molecule has 126 valence electrons. The summed E-state index contributed by atoms with van der Waals surface area (Å²) in [4.78, 5) is 10.9. The Hall–Kier alpha value is -2.59. The maximum Gasteiger partial charge on any atom is 0.161 e. The molecule has 3 aromatic carbocycles.